The normalized spacial score (nSPS) is 30.0. The highest BCUT2D eigenvalue weighted by Gasteiger charge is 2.61. The van der Waals surface area contributed by atoms with Gasteiger partial charge >= 0.3 is 5.97 Å². The predicted octanol–water partition coefficient (Wildman–Crippen LogP) is 2.37. The minimum Gasteiger partial charge on any atom is -0.459 e. The molecule has 0 N–H and O–H groups in total. The van der Waals surface area contributed by atoms with E-state index in [4.69, 9.17) is 4.74 Å². The number of esters is 1. The molecule has 1 aliphatic rings. The first kappa shape index (κ1) is 9.56. The van der Waals surface area contributed by atoms with Crippen LogP contribution in [0.15, 0.2) is 0 Å². The van der Waals surface area contributed by atoms with Gasteiger partial charge in [0.15, 0.2) is 0 Å². The van der Waals surface area contributed by atoms with Crippen molar-refractivity contribution >= 4 is 5.97 Å². The molecule has 70 valence electrons. The van der Waals surface area contributed by atoms with Gasteiger partial charge in [-0.05, 0) is 27.7 Å². The first-order valence-electron chi connectivity index (χ1n) is 4.36. The second-order valence-corrected chi connectivity index (χ2v) is 5.15. The molecular formula is C10H18O2. The lowest BCUT2D eigenvalue weighted by Crippen LogP contribution is -2.42. The Morgan fingerprint density at radius 2 is 1.42 bits per heavy atom. The van der Waals surface area contributed by atoms with Crippen molar-refractivity contribution < 1.29 is 9.53 Å². The summed E-state index contributed by atoms with van der Waals surface area (Å²) >= 11 is 0. The second-order valence-electron chi connectivity index (χ2n) is 5.15. The maximum atomic E-state index is 11.5. The third-order valence-corrected chi connectivity index (χ3v) is 3.93. The Morgan fingerprint density at radius 3 is 1.50 bits per heavy atom. The number of hydrogen-bond donors (Lipinski definition) is 0. The molecule has 1 heterocycles. The van der Waals surface area contributed by atoms with Crippen molar-refractivity contribution in [1.82, 2.24) is 0 Å². The number of carbonyl (C=O) groups excluding carboxylic acids is 1. The lowest BCUT2D eigenvalue weighted by molar-refractivity contribution is -0.151. The molecule has 0 aromatic heterocycles. The Hall–Kier alpha value is -0.530. The van der Waals surface area contributed by atoms with Crippen molar-refractivity contribution in [3.05, 3.63) is 0 Å². The number of carbonyl (C=O) groups is 1. The van der Waals surface area contributed by atoms with Crippen LogP contribution in [0.5, 0.6) is 0 Å². The molecule has 2 heteroatoms. The van der Waals surface area contributed by atoms with Gasteiger partial charge in [-0.2, -0.15) is 0 Å². The van der Waals surface area contributed by atoms with Gasteiger partial charge in [0, 0.05) is 5.41 Å². The van der Waals surface area contributed by atoms with E-state index < -0.39 is 0 Å². The molecule has 0 radical (unpaired) electrons. The van der Waals surface area contributed by atoms with Gasteiger partial charge in [-0.3, -0.25) is 4.79 Å². The van der Waals surface area contributed by atoms with Crippen LogP contribution in [0.4, 0.5) is 0 Å². The van der Waals surface area contributed by atoms with E-state index in [1.807, 2.05) is 27.7 Å². The second kappa shape index (κ2) is 2.04. The Balaban J connectivity index is 3.19. The van der Waals surface area contributed by atoms with Gasteiger partial charge in [-0.1, -0.05) is 13.8 Å². The molecule has 0 unspecified atom stereocenters. The number of ether oxygens (including phenoxy) is 1. The summed E-state index contributed by atoms with van der Waals surface area (Å²) in [4.78, 5) is 11.5. The van der Waals surface area contributed by atoms with Crippen LogP contribution < -0.4 is 0 Å². The molecule has 1 aliphatic heterocycles. The van der Waals surface area contributed by atoms with Crippen molar-refractivity contribution in [2.24, 2.45) is 10.8 Å². The van der Waals surface area contributed by atoms with Crippen LogP contribution in [0.3, 0.4) is 0 Å². The molecule has 1 saturated heterocycles. The molecule has 1 rings (SSSR count). The summed E-state index contributed by atoms with van der Waals surface area (Å²) in [6.07, 6.45) is 0. The van der Waals surface area contributed by atoms with E-state index in [2.05, 4.69) is 13.8 Å². The van der Waals surface area contributed by atoms with E-state index in [0.29, 0.717) is 0 Å². The first-order valence-corrected chi connectivity index (χ1v) is 4.36. The van der Waals surface area contributed by atoms with E-state index in [1.54, 1.807) is 0 Å². The summed E-state index contributed by atoms with van der Waals surface area (Å²) in [5.74, 6) is -0.0856. The van der Waals surface area contributed by atoms with Gasteiger partial charge < -0.3 is 4.74 Å². The highest BCUT2D eigenvalue weighted by molar-refractivity contribution is 5.80. The van der Waals surface area contributed by atoms with Crippen LogP contribution in [-0.2, 0) is 9.53 Å². The summed E-state index contributed by atoms with van der Waals surface area (Å²) < 4.78 is 5.34. The average Bonchev–Trinajstić information content (AvgIpc) is 1.92. The summed E-state index contributed by atoms with van der Waals surface area (Å²) in [5.41, 5.74) is -0.846. The van der Waals surface area contributed by atoms with E-state index in [1.165, 1.54) is 0 Å². The molecule has 0 aliphatic carbocycles. The quantitative estimate of drug-likeness (QED) is 0.522. The summed E-state index contributed by atoms with van der Waals surface area (Å²) in [6.45, 7) is 12.0. The van der Waals surface area contributed by atoms with Crippen molar-refractivity contribution in [3.8, 4) is 0 Å². The van der Waals surface area contributed by atoms with Crippen LogP contribution in [0.1, 0.15) is 41.5 Å². The van der Waals surface area contributed by atoms with E-state index in [0.717, 1.165) is 0 Å². The summed E-state index contributed by atoms with van der Waals surface area (Å²) in [5, 5.41) is 0. The first-order chi connectivity index (χ1) is 5.13. The SMILES string of the molecule is CC1(C)OC(=O)C(C)(C)C1(C)C. The molecule has 0 spiro atoms. The van der Waals surface area contributed by atoms with Crippen molar-refractivity contribution in [3.63, 3.8) is 0 Å². The van der Waals surface area contributed by atoms with E-state index in [-0.39, 0.29) is 22.4 Å². The number of hydrogen-bond acceptors (Lipinski definition) is 2. The van der Waals surface area contributed by atoms with Crippen molar-refractivity contribution in [2.45, 2.75) is 47.1 Å². The number of cyclic esters (lactones) is 1. The molecule has 2 nitrogen and oxygen atoms in total. The predicted molar refractivity (Wildman–Crippen MR) is 47.7 cm³/mol. The van der Waals surface area contributed by atoms with Gasteiger partial charge in [-0.15, -0.1) is 0 Å². The molecule has 0 amide bonds. The van der Waals surface area contributed by atoms with Crippen LogP contribution in [-0.4, -0.2) is 11.6 Å². The molecule has 0 aromatic carbocycles. The molecule has 0 bridgehead atoms. The lowest BCUT2D eigenvalue weighted by atomic mass is 9.62. The fourth-order valence-corrected chi connectivity index (χ4v) is 1.49. The van der Waals surface area contributed by atoms with Gasteiger partial charge in [0.2, 0.25) is 0 Å². The zero-order valence-corrected chi connectivity index (χ0v) is 8.82. The fourth-order valence-electron chi connectivity index (χ4n) is 1.49. The van der Waals surface area contributed by atoms with Crippen LogP contribution in [0.25, 0.3) is 0 Å². The molecule has 0 saturated carbocycles. The summed E-state index contributed by atoms with van der Waals surface area (Å²) in [7, 11) is 0. The topological polar surface area (TPSA) is 26.3 Å². The Morgan fingerprint density at radius 1 is 1.00 bits per heavy atom. The van der Waals surface area contributed by atoms with Crippen LogP contribution >= 0.6 is 0 Å². The van der Waals surface area contributed by atoms with Crippen LogP contribution in [0, 0.1) is 10.8 Å². The van der Waals surface area contributed by atoms with Gasteiger partial charge in [-0.25, -0.2) is 0 Å². The Bertz CT molecular complexity index is 224. The minimum atomic E-state index is -0.378. The van der Waals surface area contributed by atoms with E-state index in [9.17, 15) is 4.79 Å². The third kappa shape index (κ3) is 0.838. The minimum absolute atomic E-state index is 0.0856. The zero-order chi connectivity index (χ0) is 9.78. The van der Waals surface area contributed by atoms with Crippen LogP contribution in [0.2, 0.25) is 0 Å². The zero-order valence-electron chi connectivity index (χ0n) is 8.82. The molecule has 12 heavy (non-hydrogen) atoms. The molecule has 0 atom stereocenters. The average molecular weight is 170 g/mol. The Labute approximate surface area is 74.3 Å². The maximum absolute atomic E-state index is 11.5. The maximum Gasteiger partial charge on any atom is 0.312 e. The smallest absolute Gasteiger partial charge is 0.312 e. The van der Waals surface area contributed by atoms with E-state index >= 15 is 0 Å². The Kier molecular flexibility index (Phi) is 1.62. The van der Waals surface area contributed by atoms with Crippen molar-refractivity contribution in [2.75, 3.05) is 0 Å². The molecule has 1 fully saturated rings. The molecule has 0 aromatic rings. The largest absolute Gasteiger partial charge is 0.459 e. The van der Waals surface area contributed by atoms with Gasteiger partial charge in [0.25, 0.3) is 0 Å². The summed E-state index contributed by atoms with van der Waals surface area (Å²) in [6, 6.07) is 0. The monoisotopic (exact) mass is 170 g/mol. The standard InChI is InChI=1S/C10H18O2/c1-8(2)7(11)12-10(5,6)9(8,3)4/h1-6H3. The number of rotatable bonds is 0. The van der Waals surface area contributed by atoms with Gasteiger partial charge in [0.1, 0.15) is 5.60 Å². The third-order valence-electron chi connectivity index (χ3n) is 3.93. The fraction of sp³-hybridized carbons (Fsp3) is 0.900. The molecular weight excluding hydrogens is 152 g/mol. The van der Waals surface area contributed by atoms with Gasteiger partial charge in [0.05, 0.1) is 5.41 Å². The van der Waals surface area contributed by atoms with Crippen molar-refractivity contribution in [1.29, 1.82) is 0 Å². The highest BCUT2D eigenvalue weighted by atomic mass is 16.6. The lowest BCUT2D eigenvalue weighted by Gasteiger charge is -2.38. The highest BCUT2D eigenvalue weighted by Crippen LogP contribution is 2.54.